The molecule has 216 valence electrons. The molecule has 3 N–H and O–H groups in total. The first-order valence-electron chi connectivity index (χ1n) is 13.0. The fraction of sp³-hybridized carbons (Fsp3) is 0.207. The number of nitrogens with zero attached hydrogens (tertiary/aromatic N) is 3. The SMILES string of the molecule is Cc1ccc(-c2cc(-c3c(Cc4ccc(S(N)(=O)=O)cc4F)c(CC4CC4)nn3-c3nc(C(=O)O)cs3)ccc2F)s1. The molecule has 3 heterocycles. The lowest BCUT2D eigenvalue weighted by molar-refractivity contribution is 0.0691. The molecule has 0 saturated heterocycles. The van der Waals surface area contributed by atoms with E-state index in [9.17, 15) is 18.3 Å². The highest BCUT2D eigenvalue weighted by Gasteiger charge is 2.29. The van der Waals surface area contributed by atoms with E-state index in [0.29, 0.717) is 45.5 Å². The lowest BCUT2D eigenvalue weighted by atomic mass is 9.95. The first kappa shape index (κ1) is 28.3. The number of hydrogen-bond acceptors (Lipinski definition) is 7. The fourth-order valence-electron chi connectivity index (χ4n) is 4.81. The second kappa shape index (κ2) is 10.8. The Morgan fingerprint density at radius 3 is 2.52 bits per heavy atom. The molecule has 2 aromatic carbocycles. The van der Waals surface area contributed by atoms with E-state index >= 15 is 8.78 Å². The van der Waals surface area contributed by atoms with Crippen molar-refractivity contribution < 1.29 is 27.1 Å². The van der Waals surface area contributed by atoms with Gasteiger partial charge in [0.25, 0.3) is 0 Å². The summed E-state index contributed by atoms with van der Waals surface area (Å²) < 4.78 is 55.5. The maximum Gasteiger partial charge on any atom is 0.355 e. The third kappa shape index (κ3) is 5.64. The van der Waals surface area contributed by atoms with E-state index in [-0.39, 0.29) is 22.6 Å². The number of nitrogens with two attached hydrogens (primary N) is 1. The number of aryl methyl sites for hydroxylation is 1. The highest BCUT2D eigenvalue weighted by molar-refractivity contribution is 7.89. The maximum absolute atomic E-state index is 15.3. The number of carbonyl (C=O) groups is 1. The zero-order chi connectivity index (χ0) is 29.8. The average molecular weight is 627 g/mol. The summed E-state index contributed by atoms with van der Waals surface area (Å²) in [4.78, 5) is 17.3. The molecule has 0 spiro atoms. The molecule has 3 aromatic heterocycles. The zero-order valence-electron chi connectivity index (χ0n) is 22.2. The normalized spacial score (nSPS) is 13.5. The van der Waals surface area contributed by atoms with E-state index in [2.05, 4.69) is 4.98 Å². The topological polar surface area (TPSA) is 128 Å². The number of benzene rings is 2. The van der Waals surface area contributed by atoms with Gasteiger partial charge in [-0.3, -0.25) is 0 Å². The summed E-state index contributed by atoms with van der Waals surface area (Å²) in [6.07, 6.45) is 2.72. The molecule has 0 unspecified atom stereocenters. The first-order chi connectivity index (χ1) is 20.0. The average Bonchev–Trinajstić information content (AvgIpc) is 3.29. The molecule has 1 aliphatic rings. The van der Waals surface area contributed by atoms with Crippen LogP contribution >= 0.6 is 22.7 Å². The van der Waals surface area contributed by atoms with Gasteiger partial charge in [0, 0.05) is 38.2 Å². The predicted octanol–water partition coefficient (Wildman–Crippen LogP) is 6.20. The van der Waals surface area contributed by atoms with Crippen LogP contribution in [0.3, 0.4) is 0 Å². The lowest BCUT2D eigenvalue weighted by Crippen LogP contribution is -2.12. The summed E-state index contributed by atoms with van der Waals surface area (Å²) in [6.45, 7) is 1.94. The summed E-state index contributed by atoms with van der Waals surface area (Å²) in [5.41, 5.74) is 2.95. The van der Waals surface area contributed by atoms with Crippen LogP contribution in [0.4, 0.5) is 8.78 Å². The molecule has 0 amide bonds. The van der Waals surface area contributed by atoms with Crippen LogP contribution in [0.5, 0.6) is 0 Å². The molecular formula is C29H24F2N4O4S3. The second-order valence-corrected chi connectivity index (χ2v) is 13.9. The zero-order valence-corrected chi connectivity index (χ0v) is 24.6. The molecule has 5 aromatic rings. The van der Waals surface area contributed by atoms with Crippen LogP contribution in [-0.4, -0.2) is 34.3 Å². The van der Waals surface area contributed by atoms with Crippen LogP contribution in [-0.2, 0) is 22.9 Å². The molecule has 13 heteroatoms. The monoisotopic (exact) mass is 626 g/mol. The quantitative estimate of drug-likeness (QED) is 0.201. The van der Waals surface area contributed by atoms with Crippen LogP contribution in [0, 0.1) is 24.5 Å². The lowest BCUT2D eigenvalue weighted by Gasteiger charge is -2.12. The summed E-state index contributed by atoms with van der Waals surface area (Å²) in [5, 5.41) is 21.3. The minimum Gasteiger partial charge on any atom is -0.476 e. The Kier molecular flexibility index (Phi) is 7.29. The minimum absolute atomic E-state index is 0.0517. The maximum atomic E-state index is 15.3. The number of rotatable bonds is 9. The molecule has 0 atom stereocenters. The van der Waals surface area contributed by atoms with Gasteiger partial charge in [0.1, 0.15) is 11.6 Å². The third-order valence-electron chi connectivity index (χ3n) is 7.10. The molecule has 0 bridgehead atoms. The van der Waals surface area contributed by atoms with Gasteiger partial charge < -0.3 is 5.11 Å². The Hall–Kier alpha value is -3.78. The van der Waals surface area contributed by atoms with Crippen molar-refractivity contribution in [3.63, 3.8) is 0 Å². The largest absolute Gasteiger partial charge is 0.476 e. The fourth-order valence-corrected chi connectivity index (χ4v) is 6.98. The highest BCUT2D eigenvalue weighted by Crippen LogP contribution is 2.40. The van der Waals surface area contributed by atoms with Crippen molar-refractivity contribution in [1.82, 2.24) is 14.8 Å². The standard InChI is InChI=1S/C29H24F2N4O4S3/c1-15-2-9-26(41-15)20-12-18(6-8-22(20)30)27-21(11-17-5-7-19(13-23(17)31)42(32,38)39)24(10-16-3-4-16)34-35(27)29-33-25(14-40-29)28(36)37/h2,5-9,12-14,16H,3-4,10-11H2,1H3,(H,36,37)(H2,32,38,39). The van der Waals surface area contributed by atoms with Gasteiger partial charge in [-0.2, -0.15) is 5.10 Å². The van der Waals surface area contributed by atoms with Crippen molar-refractivity contribution in [3.05, 3.63) is 92.9 Å². The molecule has 6 rings (SSSR count). The van der Waals surface area contributed by atoms with Crippen LogP contribution < -0.4 is 5.14 Å². The van der Waals surface area contributed by atoms with Crippen molar-refractivity contribution >= 4 is 38.7 Å². The van der Waals surface area contributed by atoms with E-state index in [1.165, 1.54) is 34.9 Å². The molecule has 42 heavy (non-hydrogen) atoms. The molecule has 1 saturated carbocycles. The summed E-state index contributed by atoms with van der Waals surface area (Å²) >= 11 is 2.55. The number of thiazole rings is 1. The van der Waals surface area contributed by atoms with Gasteiger partial charge in [-0.05, 0) is 80.1 Å². The number of carboxylic acid groups (broad SMARTS) is 1. The van der Waals surface area contributed by atoms with Gasteiger partial charge in [0.15, 0.2) is 5.69 Å². The summed E-state index contributed by atoms with van der Waals surface area (Å²) in [6, 6.07) is 12.0. The van der Waals surface area contributed by atoms with Gasteiger partial charge in [0.2, 0.25) is 15.2 Å². The first-order valence-corrected chi connectivity index (χ1v) is 16.2. The van der Waals surface area contributed by atoms with Crippen molar-refractivity contribution in [2.75, 3.05) is 0 Å². The molecule has 0 aliphatic heterocycles. The van der Waals surface area contributed by atoms with E-state index < -0.39 is 27.6 Å². The molecule has 1 fully saturated rings. The number of primary sulfonamides is 1. The Balaban J connectivity index is 1.57. The van der Waals surface area contributed by atoms with Gasteiger partial charge in [-0.1, -0.05) is 6.07 Å². The predicted molar refractivity (Wildman–Crippen MR) is 157 cm³/mol. The number of aromatic nitrogens is 3. The minimum atomic E-state index is -4.10. The molecule has 1 aliphatic carbocycles. The molecule has 8 nitrogen and oxygen atoms in total. The Morgan fingerprint density at radius 2 is 1.90 bits per heavy atom. The molecular weight excluding hydrogens is 603 g/mol. The Morgan fingerprint density at radius 1 is 1.12 bits per heavy atom. The number of thiophene rings is 1. The Labute approximate surface area is 248 Å². The van der Waals surface area contributed by atoms with Crippen LogP contribution in [0.1, 0.15) is 45.0 Å². The number of aromatic carboxylic acids is 1. The van der Waals surface area contributed by atoms with Gasteiger partial charge in [-0.25, -0.2) is 36.8 Å². The Bertz CT molecular complexity index is 1960. The van der Waals surface area contributed by atoms with Crippen LogP contribution in [0.15, 0.2) is 58.8 Å². The van der Waals surface area contributed by atoms with Crippen molar-refractivity contribution in [3.8, 4) is 26.8 Å². The van der Waals surface area contributed by atoms with Crippen LogP contribution in [0.25, 0.3) is 26.8 Å². The second-order valence-electron chi connectivity index (χ2n) is 10.2. The third-order valence-corrected chi connectivity index (χ3v) is 9.87. The van der Waals surface area contributed by atoms with E-state index in [0.717, 1.165) is 40.0 Å². The van der Waals surface area contributed by atoms with Crippen molar-refractivity contribution in [2.45, 2.75) is 37.5 Å². The number of carboxylic acids is 1. The number of hydrogen-bond donors (Lipinski definition) is 2. The number of sulfonamides is 1. The van der Waals surface area contributed by atoms with E-state index in [1.54, 1.807) is 16.8 Å². The van der Waals surface area contributed by atoms with Gasteiger partial charge >= 0.3 is 5.97 Å². The van der Waals surface area contributed by atoms with Crippen molar-refractivity contribution in [2.24, 2.45) is 11.1 Å². The van der Waals surface area contributed by atoms with Gasteiger partial charge in [-0.15, -0.1) is 22.7 Å². The van der Waals surface area contributed by atoms with E-state index in [4.69, 9.17) is 10.2 Å². The summed E-state index contributed by atoms with van der Waals surface area (Å²) in [5.74, 6) is -1.93. The van der Waals surface area contributed by atoms with Crippen molar-refractivity contribution in [1.29, 1.82) is 0 Å². The highest BCUT2D eigenvalue weighted by atomic mass is 32.2. The summed E-state index contributed by atoms with van der Waals surface area (Å²) in [7, 11) is -4.10. The number of halogens is 2. The van der Waals surface area contributed by atoms with Crippen LogP contribution in [0.2, 0.25) is 0 Å². The smallest absolute Gasteiger partial charge is 0.355 e. The van der Waals surface area contributed by atoms with Gasteiger partial charge in [0.05, 0.1) is 16.3 Å². The molecule has 0 radical (unpaired) electrons. The van der Waals surface area contributed by atoms with E-state index in [1.807, 2.05) is 19.1 Å².